The number of carboxylic acids is 1. The second kappa shape index (κ2) is 6.95. The van der Waals surface area contributed by atoms with Crippen molar-refractivity contribution in [3.63, 3.8) is 0 Å². The maximum Gasteiger partial charge on any atom is 0.338 e. The molecule has 1 saturated carbocycles. The largest absolute Gasteiger partial charge is 0.478 e. The van der Waals surface area contributed by atoms with Gasteiger partial charge < -0.3 is 10.1 Å². The number of aromatic carboxylic acids is 1. The minimum Gasteiger partial charge on any atom is -0.478 e. The second-order valence-corrected chi connectivity index (χ2v) is 6.90. The number of H-pyrrole nitrogens is 1. The van der Waals surface area contributed by atoms with Gasteiger partial charge in [0.05, 0.1) is 11.8 Å². The molecule has 3 aromatic rings. The van der Waals surface area contributed by atoms with E-state index in [1.807, 2.05) is 0 Å². The van der Waals surface area contributed by atoms with Crippen LogP contribution in [0.4, 0.5) is 8.78 Å². The van der Waals surface area contributed by atoms with Crippen LogP contribution in [0.1, 0.15) is 47.3 Å². The van der Waals surface area contributed by atoms with E-state index in [1.165, 1.54) is 18.2 Å². The summed E-state index contributed by atoms with van der Waals surface area (Å²) in [4.78, 5) is 18.3. The molecule has 2 N–H and O–H groups in total. The van der Waals surface area contributed by atoms with Crippen LogP contribution in [-0.2, 0) is 0 Å². The van der Waals surface area contributed by atoms with Crippen LogP contribution < -0.4 is 0 Å². The lowest BCUT2D eigenvalue weighted by Crippen LogP contribution is -2.02. The molecule has 2 aromatic heterocycles. The predicted molar refractivity (Wildman–Crippen MR) is 98.4 cm³/mol. The van der Waals surface area contributed by atoms with Gasteiger partial charge in [-0.05, 0) is 48.6 Å². The summed E-state index contributed by atoms with van der Waals surface area (Å²) in [5.74, 6) is -2.13. The topological polar surface area (TPSA) is 66.0 Å². The average molecular weight is 368 g/mol. The SMILES string of the molecule is O=C(O)c1ccc(C(=CC2CCCC2)c2cc3cc(F)cnc3[nH]2)cc1F. The number of rotatable bonds is 4. The number of benzene rings is 1. The Morgan fingerprint density at radius 2 is 1.96 bits per heavy atom. The highest BCUT2D eigenvalue weighted by Gasteiger charge is 2.19. The van der Waals surface area contributed by atoms with E-state index in [0.717, 1.165) is 37.5 Å². The van der Waals surface area contributed by atoms with E-state index in [0.29, 0.717) is 28.2 Å². The van der Waals surface area contributed by atoms with E-state index in [2.05, 4.69) is 16.0 Å². The number of hydrogen-bond donors (Lipinski definition) is 2. The highest BCUT2D eigenvalue weighted by Crippen LogP contribution is 2.33. The van der Waals surface area contributed by atoms with Gasteiger partial charge in [-0.25, -0.2) is 18.6 Å². The fourth-order valence-corrected chi connectivity index (χ4v) is 3.69. The van der Waals surface area contributed by atoms with Crippen molar-refractivity contribution in [2.75, 3.05) is 0 Å². The molecular formula is C21H18F2N2O2. The van der Waals surface area contributed by atoms with Gasteiger partial charge in [0.15, 0.2) is 0 Å². The molecule has 1 fully saturated rings. The van der Waals surface area contributed by atoms with Crippen LogP contribution in [0.3, 0.4) is 0 Å². The van der Waals surface area contributed by atoms with Gasteiger partial charge in [0.25, 0.3) is 0 Å². The number of aromatic amines is 1. The van der Waals surface area contributed by atoms with Crippen molar-refractivity contribution in [1.29, 1.82) is 0 Å². The van der Waals surface area contributed by atoms with E-state index in [4.69, 9.17) is 5.11 Å². The lowest BCUT2D eigenvalue weighted by molar-refractivity contribution is 0.0692. The molecule has 4 rings (SSSR count). The number of hydrogen-bond acceptors (Lipinski definition) is 2. The molecule has 0 saturated heterocycles. The third-order valence-corrected chi connectivity index (χ3v) is 5.04. The van der Waals surface area contributed by atoms with Crippen molar-refractivity contribution in [1.82, 2.24) is 9.97 Å². The minimum atomic E-state index is -1.30. The van der Waals surface area contributed by atoms with E-state index < -0.39 is 17.6 Å². The molecule has 0 aliphatic heterocycles. The van der Waals surface area contributed by atoms with E-state index in [-0.39, 0.29) is 5.56 Å². The van der Waals surface area contributed by atoms with E-state index in [9.17, 15) is 13.6 Å². The molecule has 1 aromatic carbocycles. The Balaban J connectivity index is 1.83. The first-order valence-electron chi connectivity index (χ1n) is 8.91. The molecule has 2 heterocycles. The molecule has 1 aliphatic rings. The summed E-state index contributed by atoms with van der Waals surface area (Å²) in [7, 11) is 0. The zero-order valence-electron chi connectivity index (χ0n) is 14.5. The van der Waals surface area contributed by atoms with Gasteiger partial charge in [0.1, 0.15) is 17.3 Å². The monoisotopic (exact) mass is 368 g/mol. The molecule has 6 heteroatoms. The maximum absolute atomic E-state index is 14.3. The molecule has 0 atom stereocenters. The molecular weight excluding hydrogens is 350 g/mol. The molecule has 1 aliphatic carbocycles. The first-order chi connectivity index (χ1) is 13.0. The third-order valence-electron chi connectivity index (χ3n) is 5.04. The maximum atomic E-state index is 14.3. The van der Waals surface area contributed by atoms with E-state index in [1.54, 1.807) is 12.1 Å². The first kappa shape index (κ1) is 17.4. The molecule has 138 valence electrons. The number of carbonyl (C=O) groups is 1. The van der Waals surface area contributed by atoms with Crippen molar-refractivity contribution in [2.24, 2.45) is 5.92 Å². The molecule has 0 radical (unpaired) electrons. The Bertz CT molecular complexity index is 1050. The number of fused-ring (bicyclic) bond motifs is 1. The van der Waals surface area contributed by atoms with E-state index >= 15 is 0 Å². The Labute approximate surface area is 154 Å². The van der Waals surface area contributed by atoms with Gasteiger partial charge in [0, 0.05) is 16.7 Å². The normalized spacial score (nSPS) is 15.6. The van der Waals surface area contributed by atoms with Crippen LogP contribution in [-0.4, -0.2) is 21.0 Å². The summed E-state index contributed by atoms with van der Waals surface area (Å²) in [6, 6.07) is 7.30. The summed E-state index contributed by atoms with van der Waals surface area (Å²) in [5.41, 5.74) is 2.25. The smallest absolute Gasteiger partial charge is 0.338 e. The van der Waals surface area contributed by atoms with Gasteiger partial charge >= 0.3 is 5.97 Å². The number of allylic oxidation sites excluding steroid dienone is 1. The lowest BCUT2D eigenvalue weighted by Gasteiger charge is -2.11. The Kier molecular flexibility index (Phi) is 4.48. The molecule has 27 heavy (non-hydrogen) atoms. The minimum absolute atomic E-state index is 0.362. The van der Waals surface area contributed by atoms with Crippen molar-refractivity contribution < 1.29 is 18.7 Å². The van der Waals surface area contributed by atoms with Crippen molar-refractivity contribution >= 4 is 22.6 Å². The zero-order chi connectivity index (χ0) is 19.0. The van der Waals surface area contributed by atoms with Gasteiger partial charge in [0.2, 0.25) is 0 Å². The van der Waals surface area contributed by atoms with Crippen LogP contribution in [0.25, 0.3) is 16.6 Å². The van der Waals surface area contributed by atoms with Gasteiger partial charge in [-0.2, -0.15) is 0 Å². The standard InChI is InChI=1S/C21H18F2N2O2/c22-15-8-14-10-19(25-20(14)24-11-15)17(7-12-3-1-2-4-12)13-5-6-16(21(26)27)18(23)9-13/h5-12H,1-4H2,(H,24,25)(H,26,27). The van der Waals surface area contributed by atoms with Crippen LogP contribution in [0.5, 0.6) is 0 Å². The van der Waals surface area contributed by atoms with Crippen molar-refractivity contribution in [3.05, 3.63) is 71.1 Å². The summed E-state index contributed by atoms with van der Waals surface area (Å²) in [6.07, 6.45) is 7.67. The predicted octanol–water partition coefficient (Wildman–Crippen LogP) is 5.16. The van der Waals surface area contributed by atoms with Crippen molar-refractivity contribution in [2.45, 2.75) is 25.7 Å². The number of pyridine rings is 1. The highest BCUT2D eigenvalue weighted by molar-refractivity contribution is 5.90. The lowest BCUT2D eigenvalue weighted by atomic mass is 9.95. The Morgan fingerprint density at radius 1 is 1.19 bits per heavy atom. The number of carboxylic acid groups (broad SMARTS) is 1. The molecule has 0 bridgehead atoms. The quantitative estimate of drug-likeness (QED) is 0.668. The first-order valence-corrected chi connectivity index (χ1v) is 8.91. The van der Waals surface area contributed by atoms with Crippen LogP contribution in [0.2, 0.25) is 0 Å². The van der Waals surface area contributed by atoms with Crippen LogP contribution >= 0.6 is 0 Å². The summed E-state index contributed by atoms with van der Waals surface area (Å²) in [5, 5.41) is 9.69. The highest BCUT2D eigenvalue weighted by atomic mass is 19.1. The van der Waals surface area contributed by atoms with Crippen molar-refractivity contribution in [3.8, 4) is 0 Å². The summed E-state index contributed by atoms with van der Waals surface area (Å²) >= 11 is 0. The average Bonchev–Trinajstić information content (AvgIpc) is 3.28. The summed E-state index contributed by atoms with van der Waals surface area (Å²) < 4.78 is 27.7. The number of nitrogens with zero attached hydrogens (tertiary/aromatic N) is 1. The fraction of sp³-hybridized carbons (Fsp3) is 0.238. The Hall–Kier alpha value is -3.02. The number of aromatic nitrogens is 2. The number of nitrogens with one attached hydrogen (secondary N) is 1. The Morgan fingerprint density at radius 3 is 2.67 bits per heavy atom. The summed E-state index contributed by atoms with van der Waals surface area (Å²) in [6.45, 7) is 0. The van der Waals surface area contributed by atoms with Gasteiger partial charge in [-0.3, -0.25) is 0 Å². The number of halogens is 2. The molecule has 0 amide bonds. The van der Waals surface area contributed by atoms with Crippen LogP contribution in [0.15, 0.2) is 42.6 Å². The van der Waals surface area contributed by atoms with Crippen LogP contribution in [0, 0.1) is 17.6 Å². The fourth-order valence-electron chi connectivity index (χ4n) is 3.69. The molecule has 0 unspecified atom stereocenters. The zero-order valence-corrected chi connectivity index (χ0v) is 14.5. The second-order valence-electron chi connectivity index (χ2n) is 6.90. The molecule has 4 nitrogen and oxygen atoms in total. The molecule has 0 spiro atoms. The third kappa shape index (κ3) is 3.47. The van der Waals surface area contributed by atoms with Gasteiger partial charge in [-0.1, -0.05) is 25.0 Å². The van der Waals surface area contributed by atoms with Gasteiger partial charge in [-0.15, -0.1) is 0 Å².